The van der Waals surface area contributed by atoms with E-state index >= 15 is 0 Å². The smallest absolute Gasteiger partial charge is 0.257 e. The third kappa shape index (κ3) is 4.38. The monoisotopic (exact) mass is 405 g/mol. The summed E-state index contributed by atoms with van der Waals surface area (Å²) in [5.41, 5.74) is 3.69. The molecule has 0 saturated heterocycles. The Bertz CT molecular complexity index is 1040. The van der Waals surface area contributed by atoms with Crippen molar-refractivity contribution in [2.75, 3.05) is 27.3 Å². The maximum atomic E-state index is 13.4. The molecule has 6 heteroatoms. The van der Waals surface area contributed by atoms with Crippen LogP contribution in [-0.2, 0) is 0 Å². The number of hydrogen-bond donors (Lipinski definition) is 0. The summed E-state index contributed by atoms with van der Waals surface area (Å²) in [4.78, 5) is 15.2. The number of benzene rings is 2. The van der Waals surface area contributed by atoms with Gasteiger partial charge in [0.15, 0.2) is 11.5 Å². The molecule has 3 aromatic rings. The van der Waals surface area contributed by atoms with Crippen molar-refractivity contribution in [2.24, 2.45) is 0 Å². The molecule has 0 fully saturated rings. The third-order valence-electron chi connectivity index (χ3n) is 4.75. The molecule has 1 aromatic heterocycles. The molecule has 0 bridgehead atoms. The quantitative estimate of drug-likeness (QED) is 0.514. The zero-order chi connectivity index (χ0) is 21.7. The van der Waals surface area contributed by atoms with Crippen LogP contribution in [0.25, 0.3) is 16.9 Å². The molecule has 0 radical (unpaired) electrons. The van der Waals surface area contributed by atoms with Crippen LogP contribution >= 0.6 is 0 Å². The van der Waals surface area contributed by atoms with Crippen LogP contribution in [0.2, 0.25) is 0 Å². The lowest BCUT2D eigenvalue weighted by Gasteiger charge is -2.21. The van der Waals surface area contributed by atoms with Crippen LogP contribution in [-0.4, -0.2) is 47.9 Å². The van der Waals surface area contributed by atoms with Crippen LogP contribution in [0.1, 0.15) is 24.2 Å². The number of hydrogen-bond acceptors (Lipinski definition) is 4. The Balaban J connectivity index is 2.14. The molecular formula is C24H27N3O3. The zero-order valence-corrected chi connectivity index (χ0v) is 17.9. The lowest BCUT2D eigenvalue weighted by atomic mass is 10.1. The topological polar surface area (TPSA) is 56.6 Å². The van der Waals surface area contributed by atoms with Gasteiger partial charge in [0.2, 0.25) is 0 Å². The standard InChI is InChI=1S/C24H27N3O3/c1-6-26(15-17(2)3)24(28)20-16-27(19-10-8-7-9-11-19)25-23(20)18-12-13-21(29-4)22(14-18)30-5/h7-14,16H,2,6,15H2,1,3-5H3. The van der Waals surface area contributed by atoms with Crippen molar-refractivity contribution in [2.45, 2.75) is 13.8 Å². The van der Waals surface area contributed by atoms with E-state index in [0.717, 1.165) is 16.8 Å². The van der Waals surface area contributed by atoms with Gasteiger partial charge >= 0.3 is 0 Å². The Morgan fingerprint density at radius 3 is 2.40 bits per heavy atom. The van der Waals surface area contributed by atoms with Gasteiger partial charge in [-0.15, -0.1) is 0 Å². The SMILES string of the molecule is C=C(C)CN(CC)C(=O)c1cn(-c2ccccc2)nc1-c1ccc(OC)c(OC)c1. The van der Waals surface area contributed by atoms with Crippen LogP contribution in [0.3, 0.4) is 0 Å². The Labute approximate surface area is 177 Å². The average Bonchev–Trinajstić information content (AvgIpc) is 3.22. The lowest BCUT2D eigenvalue weighted by molar-refractivity contribution is 0.0779. The van der Waals surface area contributed by atoms with Gasteiger partial charge < -0.3 is 14.4 Å². The number of amides is 1. The van der Waals surface area contributed by atoms with Crippen LogP contribution in [0.5, 0.6) is 11.5 Å². The van der Waals surface area contributed by atoms with E-state index in [1.807, 2.05) is 62.4 Å². The normalized spacial score (nSPS) is 10.5. The van der Waals surface area contributed by atoms with Gasteiger partial charge in [0.1, 0.15) is 5.69 Å². The number of nitrogens with zero attached hydrogens (tertiary/aromatic N) is 3. The van der Waals surface area contributed by atoms with Crippen molar-refractivity contribution < 1.29 is 14.3 Å². The Hall–Kier alpha value is -3.54. The summed E-state index contributed by atoms with van der Waals surface area (Å²) in [5.74, 6) is 1.11. The Morgan fingerprint density at radius 1 is 1.10 bits per heavy atom. The summed E-state index contributed by atoms with van der Waals surface area (Å²) >= 11 is 0. The maximum absolute atomic E-state index is 13.4. The molecule has 0 aliphatic rings. The van der Waals surface area contributed by atoms with Crippen molar-refractivity contribution in [1.82, 2.24) is 14.7 Å². The number of likely N-dealkylation sites (N-methyl/N-ethyl adjacent to an activating group) is 1. The fourth-order valence-corrected chi connectivity index (χ4v) is 3.26. The molecule has 0 aliphatic heterocycles. The number of carbonyl (C=O) groups excluding carboxylic acids is 1. The molecule has 0 atom stereocenters. The van der Waals surface area contributed by atoms with E-state index < -0.39 is 0 Å². The third-order valence-corrected chi connectivity index (χ3v) is 4.75. The summed E-state index contributed by atoms with van der Waals surface area (Å²) in [6, 6.07) is 15.3. The van der Waals surface area contributed by atoms with Crippen molar-refractivity contribution in [3.05, 3.63) is 72.4 Å². The molecule has 0 unspecified atom stereocenters. The largest absolute Gasteiger partial charge is 0.493 e. The van der Waals surface area contributed by atoms with E-state index in [0.29, 0.717) is 35.8 Å². The highest BCUT2D eigenvalue weighted by Crippen LogP contribution is 2.33. The van der Waals surface area contributed by atoms with E-state index in [9.17, 15) is 4.79 Å². The van der Waals surface area contributed by atoms with E-state index in [2.05, 4.69) is 6.58 Å². The molecule has 6 nitrogen and oxygen atoms in total. The summed E-state index contributed by atoms with van der Waals surface area (Å²) in [5, 5.41) is 4.75. The highest BCUT2D eigenvalue weighted by Gasteiger charge is 2.23. The van der Waals surface area contributed by atoms with Gasteiger partial charge in [0, 0.05) is 24.8 Å². The fraction of sp³-hybridized carbons (Fsp3) is 0.250. The minimum atomic E-state index is -0.0903. The molecule has 0 saturated carbocycles. The number of aromatic nitrogens is 2. The van der Waals surface area contributed by atoms with Gasteiger partial charge in [-0.2, -0.15) is 5.10 Å². The molecule has 30 heavy (non-hydrogen) atoms. The Morgan fingerprint density at radius 2 is 1.80 bits per heavy atom. The van der Waals surface area contributed by atoms with E-state index in [-0.39, 0.29) is 5.91 Å². The van der Waals surface area contributed by atoms with Crippen molar-refractivity contribution in [3.8, 4) is 28.4 Å². The summed E-state index contributed by atoms with van der Waals surface area (Å²) in [6.07, 6.45) is 1.78. The van der Waals surface area contributed by atoms with Crippen molar-refractivity contribution >= 4 is 5.91 Å². The number of carbonyl (C=O) groups is 1. The highest BCUT2D eigenvalue weighted by atomic mass is 16.5. The first-order valence-corrected chi connectivity index (χ1v) is 9.79. The van der Waals surface area contributed by atoms with E-state index in [1.165, 1.54) is 0 Å². The lowest BCUT2D eigenvalue weighted by Crippen LogP contribution is -2.32. The maximum Gasteiger partial charge on any atom is 0.257 e. The van der Waals surface area contributed by atoms with Gasteiger partial charge in [0.05, 0.1) is 25.5 Å². The molecular weight excluding hydrogens is 378 g/mol. The van der Waals surface area contributed by atoms with Gasteiger partial charge in [-0.3, -0.25) is 4.79 Å². The number of methoxy groups -OCH3 is 2. The van der Waals surface area contributed by atoms with E-state index in [4.69, 9.17) is 14.6 Å². The molecule has 156 valence electrons. The second kappa shape index (κ2) is 9.31. The molecule has 0 spiro atoms. The first kappa shape index (κ1) is 21.2. The van der Waals surface area contributed by atoms with Gasteiger partial charge in [-0.1, -0.05) is 30.4 Å². The molecule has 0 aliphatic carbocycles. The second-order valence-corrected chi connectivity index (χ2v) is 7.02. The molecule has 2 aromatic carbocycles. The van der Waals surface area contributed by atoms with Crippen LogP contribution < -0.4 is 9.47 Å². The van der Waals surface area contributed by atoms with Crippen LogP contribution in [0, 0.1) is 0 Å². The van der Waals surface area contributed by atoms with Crippen molar-refractivity contribution in [3.63, 3.8) is 0 Å². The average molecular weight is 405 g/mol. The predicted molar refractivity (Wildman–Crippen MR) is 118 cm³/mol. The minimum Gasteiger partial charge on any atom is -0.493 e. The Kier molecular flexibility index (Phi) is 6.57. The van der Waals surface area contributed by atoms with E-state index in [1.54, 1.807) is 30.0 Å². The molecule has 3 rings (SSSR count). The first-order valence-electron chi connectivity index (χ1n) is 9.79. The summed E-state index contributed by atoms with van der Waals surface area (Å²) in [7, 11) is 3.18. The zero-order valence-electron chi connectivity index (χ0n) is 17.9. The second-order valence-electron chi connectivity index (χ2n) is 7.02. The molecule has 1 amide bonds. The highest BCUT2D eigenvalue weighted by molar-refractivity contribution is 6.00. The fourth-order valence-electron chi connectivity index (χ4n) is 3.26. The summed E-state index contributed by atoms with van der Waals surface area (Å²) < 4.78 is 12.5. The summed E-state index contributed by atoms with van der Waals surface area (Å²) in [6.45, 7) is 8.90. The number of para-hydroxylation sites is 1. The minimum absolute atomic E-state index is 0.0903. The molecule has 0 N–H and O–H groups in total. The number of rotatable bonds is 8. The van der Waals surface area contributed by atoms with Gasteiger partial charge in [-0.05, 0) is 44.2 Å². The molecule has 1 heterocycles. The van der Waals surface area contributed by atoms with Crippen molar-refractivity contribution in [1.29, 1.82) is 0 Å². The number of ether oxygens (including phenoxy) is 2. The van der Waals surface area contributed by atoms with Crippen LogP contribution in [0.4, 0.5) is 0 Å². The first-order chi connectivity index (χ1) is 14.5. The van der Waals surface area contributed by atoms with Gasteiger partial charge in [0.25, 0.3) is 5.91 Å². The van der Waals surface area contributed by atoms with Crippen LogP contribution in [0.15, 0.2) is 66.9 Å². The van der Waals surface area contributed by atoms with Gasteiger partial charge in [-0.25, -0.2) is 4.68 Å². The predicted octanol–water partition coefficient (Wildman–Crippen LogP) is 4.59.